The van der Waals surface area contributed by atoms with Crippen molar-refractivity contribution in [3.05, 3.63) is 40.9 Å². The minimum absolute atomic E-state index is 0.113. The predicted octanol–water partition coefficient (Wildman–Crippen LogP) is 2.28. The molecule has 0 aliphatic heterocycles. The van der Waals surface area contributed by atoms with Crippen molar-refractivity contribution in [3.8, 4) is 0 Å². The number of nitrogens with one attached hydrogen (secondary N) is 1. The molecule has 2 aromatic heterocycles. The highest BCUT2D eigenvalue weighted by Gasteiger charge is 2.20. The molecule has 6 nitrogen and oxygen atoms in total. The number of aryl methyl sites for hydroxylation is 1. The molecule has 0 spiro atoms. The van der Waals surface area contributed by atoms with E-state index < -0.39 is 0 Å². The molecule has 3 rings (SSSR count). The number of hydrogen-bond donors (Lipinski definition) is 1. The van der Waals surface area contributed by atoms with Crippen LogP contribution in [0.5, 0.6) is 0 Å². The maximum Gasteiger partial charge on any atom is 0.153 e. The Kier molecular flexibility index (Phi) is 4.03. The van der Waals surface area contributed by atoms with E-state index in [1.54, 1.807) is 4.68 Å². The molecule has 0 aliphatic rings. The van der Waals surface area contributed by atoms with Gasteiger partial charge in [0.15, 0.2) is 4.60 Å². The maximum atomic E-state index is 4.44. The van der Waals surface area contributed by atoms with Crippen LogP contribution in [0.25, 0.3) is 11.0 Å². The Morgan fingerprint density at radius 3 is 2.86 bits per heavy atom. The van der Waals surface area contributed by atoms with E-state index in [1.807, 2.05) is 31.6 Å². The molecular formula is C14H17BrN6. The van der Waals surface area contributed by atoms with Gasteiger partial charge < -0.3 is 9.88 Å². The fourth-order valence-corrected chi connectivity index (χ4v) is 3.16. The summed E-state index contributed by atoms with van der Waals surface area (Å²) in [5, 5.41) is 11.6. The van der Waals surface area contributed by atoms with Crippen LogP contribution in [-0.4, -0.2) is 31.1 Å². The van der Waals surface area contributed by atoms with Gasteiger partial charge >= 0.3 is 0 Å². The van der Waals surface area contributed by atoms with Crippen molar-refractivity contribution >= 4 is 27.0 Å². The smallest absolute Gasteiger partial charge is 0.153 e. The molecule has 1 aromatic carbocycles. The van der Waals surface area contributed by atoms with Gasteiger partial charge in [-0.25, -0.2) is 9.67 Å². The SMILES string of the molecule is CCNC(Cn1cnc2ccccc21)c1c(Br)nnn1C. The van der Waals surface area contributed by atoms with E-state index in [-0.39, 0.29) is 6.04 Å². The van der Waals surface area contributed by atoms with Gasteiger partial charge in [-0.05, 0) is 34.6 Å². The monoisotopic (exact) mass is 348 g/mol. The lowest BCUT2D eigenvalue weighted by atomic mass is 10.2. The Balaban J connectivity index is 1.96. The van der Waals surface area contributed by atoms with E-state index in [1.165, 1.54) is 0 Å². The first-order valence-corrected chi connectivity index (χ1v) is 7.68. The molecule has 7 heteroatoms. The molecule has 0 bridgehead atoms. The summed E-state index contributed by atoms with van der Waals surface area (Å²) in [5.41, 5.74) is 3.18. The zero-order valence-electron chi connectivity index (χ0n) is 12.0. The molecule has 1 unspecified atom stereocenters. The molecule has 0 amide bonds. The quantitative estimate of drug-likeness (QED) is 0.768. The number of hydrogen-bond acceptors (Lipinski definition) is 4. The minimum atomic E-state index is 0.113. The Bertz CT molecular complexity index is 727. The van der Waals surface area contributed by atoms with E-state index in [0.29, 0.717) is 0 Å². The van der Waals surface area contributed by atoms with Crippen LogP contribution < -0.4 is 5.32 Å². The highest BCUT2D eigenvalue weighted by molar-refractivity contribution is 9.10. The molecule has 21 heavy (non-hydrogen) atoms. The molecule has 1 atom stereocenters. The molecule has 2 heterocycles. The van der Waals surface area contributed by atoms with Crippen LogP contribution in [0.3, 0.4) is 0 Å². The van der Waals surface area contributed by atoms with Gasteiger partial charge in [0, 0.05) is 13.6 Å². The summed E-state index contributed by atoms with van der Waals surface area (Å²) < 4.78 is 4.74. The normalized spacial score (nSPS) is 12.9. The predicted molar refractivity (Wildman–Crippen MR) is 84.9 cm³/mol. The third kappa shape index (κ3) is 2.71. The van der Waals surface area contributed by atoms with E-state index in [9.17, 15) is 0 Å². The molecule has 1 N–H and O–H groups in total. The lowest BCUT2D eigenvalue weighted by Gasteiger charge is -2.19. The summed E-state index contributed by atoms with van der Waals surface area (Å²) in [7, 11) is 1.91. The highest BCUT2D eigenvalue weighted by Crippen LogP contribution is 2.23. The average Bonchev–Trinajstić information content (AvgIpc) is 3.03. The molecule has 0 aliphatic carbocycles. The first-order valence-electron chi connectivity index (χ1n) is 6.89. The summed E-state index contributed by atoms with van der Waals surface area (Å²) in [6.45, 7) is 3.74. The maximum absolute atomic E-state index is 4.44. The number of imidazole rings is 1. The van der Waals surface area contributed by atoms with Crippen molar-refractivity contribution in [1.82, 2.24) is 29.9 Å². The Morgan fingerprint density at radius 1 is 1.33 bits per heavy atom. The van der Waals surface area contributed by atoms with Gasteiger partial charge in [-0.1, -0.05) is 24.3 Å². The fraction of sp³-hybridized carbons (Fsp3) is 0.357. The van der Waals surface area contributed by atoms with E-state index in [2.05, 4.69) is 54.1 Å². The lowest BCUT2D eigenvalue weighted by Crippen LogP contribution is -2.27. The van der Waals surface area contributed by atoms with Gasteiger partial charge in [0.1, 0.15) is 0 Å². The summed E-state index contributed by atoms with van der Waals surface area (Å²) in [6.07, 6.45) is 1.88. The summed E-state index contributed by atoms with van der Waals surface area (Å²) in [6, 6.07) is 8.26. The molecule has 0 fully saturated rings. The van der Waals surface area contributed by atoms with E-state index in [4.69, 9.17) is 0 Å². The zero-order valence-corrected chi connectivity index (χ0v) is 13.6. The molecule has 3 aromatic rings. The van der Waals surface area contributed by atoms with E-state index >= 15 is 0 Å². The van der Waals surface area contributed by atoms with Gasteiger partial charge in [0.2, 0.25) is 0 Å². The number of benzene rings is 1. The largest absolute Gasteiger partial charge is 0.329 e. The standard InChI is InChI=1S/C14H17BrN6/c1-3-16-11(13-14(15)18-19-20(13)2)8-21-9-17-10-6-4-5-7-12(10)21/h4-7,9,11,16H,3,8H2,1-2H3. The number of para-hydroxylation sites is 2. The number of rotatable bonds is 5. The average molecular weight is 349 g/mol. The Hall–Kier alpha value is -1.73. The Morgan fingerprint density at radius 2 is 2.14 bits per heavy atom. The van der Waals surface area contributed by atoms with Crippen LogP contribution in [0.2, 0.25) is 0 Å². The van der Waals surface area contributed by atoms with Crippen LogP contribution in [0.1, 0.15) is 18.7 Å². The van der Waals surface area contributed by atoms with E-state index in [0.717, 1.165) is 34.4 Å². The number of halogens is 1. The number of fused-ring (bicyclic) bond motifs is 1. The van der Waals surface area contributed by atoms with Crippen molar-refractivity contribution in [2.75, 3.05) is 6.54 Å². The summed E-state index contributed by atoms with van der Waals surface area (Å²) in [4.78, 5) is 4.44. The summed E-state index contributed by atoms with van der Waals surface area (Å²) in [5.74, 6) is 0. The highest BCUT2D eigenvalue weighted by atomic mass is 79.9. The van der Waals surface area contributed by atoms with Crippen LogP contribution in [0.4, 0.5) is 0 Å². The van der Waals surface area contributed by atoms with Crippen LogP contribution in [0, 0.1) is 0 Å². The second-order valence-corrected chi connectivity index (χ2v) is 5.64. The van der Waals surface area contributed by atoms with Crippen molar-refractivity contribution < 1.29 is 0 Å². The number of likely N-dealkylation sites (N-methyl/N-ethyl adjacent to an activating group) is 1. The van der Waals surface area contributed by atoms with Gasteiger partial charge in [0.05, 0.1) is 29.1 Å². The lowest BCUT2D eigenvalue weighted by molar-refractivity contribution is 0.450. The zero-order chi connectivity index (χ0) is 14.8. The second kappa shape index (κ2) is 5.95. The van der Waals surface area contributed by atoms with Crippen molar-refractivity contribution in [2.24, 2.45) is 7.05 Å². The van der Waals surface area contributed by atoms with Crippen LogP contribution in [0.15, 0.2) is 35.2 Å². The molecule has 110 valence electrons. The second-order valence-electron chi connectivity index (χ2n) is 4.89. The minimum Gasteiger partial charge on any atom is -0.329 e. The first kappa shape index (κ1) is 14.2. The van der Waals surface area contributed by atoms with Gasteiger partial charge in [-0.2, -0.15) is 0 Å². The van der Waals surface area contributed by atoms with Gasteiger partial charge in [0.25, 0.3) is 0 Å². The van der Waals surface area contributed by atoms with Gasteiger partial charge in [-0.15, -0.1) is 5.10 Å². The van der Waals surface area contributed by atoms with Crippen molar-refractivity contribution in [3.63, 3.8) is 0 Å². The topological polar surface area (TPSA) is 60.6 Å². The van der Waals surface area contributed by atoms with Crippen molar-refractivity contribution in [2.45, 2.75) is 19.5 Å². The number of nitrogens with zero attached hydrogens (tertiary/aromatic N) is 5. The number of aromatic nitrogens is 5. The Labute approximate surface area is 131 Å². The van der Waals surface area contributed by atoms with Gasteiger partial charge in [-0.3, -0.25) is 0 Å². The third-order valence-electron chi connectivity index (χ3n) is 3.51. The van der Waals surface area contributed by atoms with Crippen LogP contribution in [-0.2, 0) is 13.6 Å². The molecular weight excluding hydrogens is 332 g/mol. The molecule has 0 saturated heterocycles. The molecule has 0 saturated carbocycles. The molecule has 0 radical (unpaired) electrons. The summed E-state index contributed by atoms with van der Waals surface area (Å²) >= 11 is 3.48. The van der Waals surface area contributed by atoms with Crippen molar-refractivity contribution in [1.29, 1.82) is 0 Å². The fourth-order valence-electron chi connectivity index (χ4n) is 2.56. The first-order chi connectivity index (χ1) is 10.2. The third-order valence-corrected chi connectivity index (χ3v) is 4.08. The van der Waals surface area contributed by atoms with Crippen LogP contribution >= 0.6 is 15.9 Å².